The van der Waals surface area contributed by atoms with E-state index in [1.165, 1.54) is 26.2 Å². The third-order valence-corrected chi connectivity index (χ3v) is 6.87. The van der Waals surface area contributed by atoms with Gasteiger partial charge in [-0.1, -0.05) is 32.0 Å². The van der Waals surface area contributed by atoms with Crippen molar-refractivity contribution >= 4 is 29.3 Å². The van der Waals surface area contributed by atoms with Gasteiger partial charge in [-0.2, -0.15) is 0 Å². The van der Waals surface area contributed by atoms with E-state index < -0.39 is 47.1 Å². The van der Waals surface area contributed by atoms with Gasteiger partial charge in [-0.3, -0.25) is 24.5 Å². The zero-order valence-electron chi connectivity index (χ0n) is 18.9. The van der Waals surface area contributed by atoms with Crippen molar-refractivity contribution in [1.29, 1.82) is 0 Å². The molecule has 2 amide bonds. The van der Waals surface area contributed by atoms with Crippen LogP contribution < -0.4 is 15.0 Å². The lowest BCUT2D eigenvalue weighted by Gasteiger charge is -2.34. The topological polar surface area (TPSA) is 113 Å². The Morgan fingerprint density at radius 2 is 1.70 bits per heavy atom. The van der Waals surface area contributed by atoms with Crippen molar-refractivity contribution in [2.24, 2.45) is 17.8 Å². The van der Waals surface area contributed by atoms with Gasteiger partial charge in [0.15, 0.2) is 5.78 Å². The van der Waals surface area contributed by atoms with Gasteiger partial charge in [0.25, 0.3) is 0 Å². The minimum Gasteiger partial charge on any atom is -0.496 e. The van der Waals surface area contributed by atoms with Crippen molar-refractivity contribution in [1.82, 2.24) is 5.32 Å². The van der Waals surface area contributed by atoms with Gasteiger partial charge < -0.3 is 9.84 Å². The summed E-state index contributed by atoms with van der Waals surface area (Å²) >= 11 is 0. The van der Waals surface area contributed by atoms with Crippen LogP contribution in [0.25, 0.3) is 0 Å². The molecule has 4 atom stereocenters. The third kappa shape index (κ3) is 3.24. The summed E-state index contributed by atoms with van der Waals surface area (Å²) < 4.78 is 5.48. The molecule has 4 unspecified atom stereocenters. The summed E-state index contributed by atoms with van der Waals surface area (Å²) in [6, 6.07) is 12.5. The number of methoxy groups -OCH3 is 1. The van der Waals surface area contributed by atoms with E-state index in [1.54, 1.807) is 50.2 Å². The van der Waals surface area contributed by atoms with Crippen molar-refractivity contribution in [3.8, 4) is 5.75 Å². The van der Waals surface area contributed by atoms with E-state index >= 15 is 0 Å². The molecule has 2 heterocycles. The smallest absolute Gasteiger partial charge is 0.325 e. The van der Waals surface area contributed by atoms with E-state index in [-0.39, 0.29) is 5.78 Å². The van der Waals surface area contributed by atoms with Crippen LogP contribution in [0.4, 0.5) is 5.69 Å². The molecule has 0 bridgehead atoms. The largest absolute Gasteiger partial charge is 0.496 e. The number of aliphatic carboxylic acids is 1. The number of para-hydroxylation sites is 1. The monoisotopic (exact) mass is 450 g/mol. The first-order valence-electron chi connectivity index (χ1n) is 10.8. The number of carboxylic acid groups (broad SMARTS) is 1. The van der Waals surface area contributed by atoms with Crippen LogP contribution in [0, 0.1) is 17.8 Å². The second-order valence-electron chi connectivity index (χ2n) is 8.81. The van der Waals surface area contributed by atoms with Crippen LogP contribution in [0.1, 0.15) is 42.7 Å². The molecule has 0 aliphatic carbocycles. The molecule has 4 rings (SSSR count). The number of nitrogens with zero attached hydrogens (tertiary/aromatic N) is 1. The molecule has 8 nitrogen and oxygen atoms in total. The lowest BCUT2D eigenvalue weighted by Crippen LogP contribution is -2.59. The first-order chi connectivity index (χ1) is 15.6. The summed E-state index contributed by atoms with van der Waals surface area (Å²) in [5, 5.41) is 13.5. The highest BCUT2D eigenvalue weighted by atomic mass is 16.5. The summed E-state index contributed by atoms with van der Waals surface area (Å²) in [6.45, 7) is 4.88. The van der Waals surface area contributed by atoms with Gasteiger partial charge in [-0.15, -0.1) is 0 Å². The Kier molecular flexibility index (Phi) is 5.57. The van der Waals surface area contributed by atoms with E-state index in [2.05, 4.69) is 5.32 Å². The molecule has 2 aromatic rings. The maximum atomic E-state index is 13.7. The van der Waals surface area contributed by atoms with Gasteiger partial charge in [0.05, 0.1) is 24.6 Å². The van der Waals surface area contributed by atoms with Crippen LogP contribution >= 0.6 is 0 Å². The van der Waals surface area contributed by atoms with Crippen LogP contribution in [0.3, 0.4) is 0 Å². The molecule has 8 heteroatoms. The second kappa shape index (κ2) is 8.12. The fourth-order valence-corrected chi connectivity index (χ4v) is 5.20. The van der Waals surface area contributed by atoms with Crippen molar-refractivity contribution in [3.05, 3.63) is 59.7 Å². The van der Waals surface area contributed by atoms with E-state index in [9.17, 15) is 24.3 Å². The number of carbonyl (C=O) groups is 4. The number of benzene rings is 2. The molecule has 2 aliphatic rings. The summed E-state index contributed by atoms with van der Waals surface area (Å²) in [5.41, 5.74) is -0.259. The number of ether oxygens (including phenoxy) is 1. The Balaban J connectivity index is 1.87. The Hall–Kier alpha value is -3.52. The van der Waals surface area contributed by atoms with Gasteiger partial charge in [-0.25, -0.2) is 4.90 Å². The average Bonchev–Trinajstić information content (AvgIpc) is 3.28. The van der Waals surface area contributed by atoms with Gasteiger partial charge in [0, 0.05) is 17.2 Å². The van der Waals surface area contributed by atoms with Crippen LogP contribution in [-0.2, 0) is 14.4 Å². The average molecular weight is 450 g/mol. The molecule has 172 valence electrons. The third-order valence-electron chi connectivity index (χ3n) is 6.87. The quantitative estimate of drug-likeness (QED) is 0.514. The zero-order valence-corrected chi connectivity index (χ0v) is 18.9. The van der Waals surface area contributed by atoms with Gasteiger partial charge in [0.2, 0.25) is 11.8 Å². The highest BCUT2D eigenvalue weighted by Crippen LogP contribution is 2.53. The molecule has 2 saturated heterocycles. The zero-order chi connectivity index (χ0) is 24.1. The lowest BCUT2D eigenvalue weighted by atomic mass is 9.73. The highest BCUT2D eigenvalue weighted by Gasteiger charge is 2.69. The minimum absolute atomic E-state index is 0.136. The summed E-state index contributed by atoms with van der Waals surface area (Å²) in [5.74, 6) is -4.39. The molecule has 2 aromatic carbocycles. The van der Waals surface area contributed by atoms with Crippen molar-refractivity contribution in [2.75, 3.05) is 12.0 Å². The van der Waals surface area contributed by atoms with Gasteiger partial charge in [-0.05, 0) is 43.2 Å². The number of ketones is 1. The summed E-state index contributed by atoms with van der Waals surface area (Å²) in [6.07, 6.45) is 0. The number of Topliss-reactive ketones (excluding diaryl/α,β-unsaturated/α-hetero) is 1. The molecular weight excluding hydrogens is 424 g/mol. The van der Waals surface area contributed by atoms with Gasteiger partial charge in [0.1, 0.15) is 11.3 Å². The first kappa shape index (κ1) is 22.7. The highest BCUT2D eigenvalue weighted by molar-refractivity contribution is 6.24. The Bertz CT molecular complexity index is 1140. The molecule has 0 spiro atoms. The molecule has 0 aromatic heterocycles. The van der Waals surface area contributed by atoms with Crippen LogP contribution in [0.15, 0.2) is 48.5 Å². The number of hydrogen-bond donors (Lipinski definition) is 2. The van der Waals surface area contributed by atoms with Crippen LogP contribution in [-0.4, -0.2) is 41.3 Å². The van der Waals surface area contributed by atoms with Crippen LogP contribution in [0.2, 0.25) is 0 Å². The molecule has 0 saturated carbocycles. The minimum atomic E-state index is -1.64. The number of rotatable bonds is 6. The molecule has 0 radical (unpaired) electrons. The normalized spacial score (nSPS) is 26.6. The Morgan fingerprint density at radius 3 is 2.24 bits per heavy atom. The number of fused-ring (bicyclic) bond motifs is 1. The van der Waals surface area contributed by atoms with Crippen molar-refractivity contribution in [3.63, 3.8) is 0 Å². The maximum Gasteiger partial charge on any atom is 0.325 e. The second-order valence-corrected chi connectivity index (χ2v) is 8.81. The molecular formula is C25H26N2O6. The lowest BCUT2D eigenvalue weighted by molar-refractivity contribution is -0.151. The predicted molar refractivity (Wildman–Crippen MR) is 120 cm³/mol. The molecule has 2 fully saturated rings. The van der Waals surface area contributed by atoms with E-state index in [4.69, 9.17) is 4.74 Å². The van der Waals surface area contributed by atoms with E-state index in [1.807, 2.05) is 0 Å². The number of nitrogens with one attached hydrogen (secondary N) is 1. The van der Waals surface area contributed by atoms with Crippen LogP contribution in [0.5, 0.6) is 5.75 Å². The number of carbonyl (C=O) groups excluding carboxylic acids is 3. The number of amides is 2. The Morgan fingerprint density at radius 1 is 1.06 bits per heavy atom. The fraction of sp³-hybridized carbons (Fsp3) is 0.360. The Labute approximate surface area is 191 Å². The number of carboxylic acids is 1. The SMILES string of the molecule is COc1ccccc1C1NC(C(=O)O)(C(C)C)C2C(=O)N(c3ccc(C(C)=O)cc3)C(=O)C12. The molecule has 2 N–H and O–H groups in total. The predicted octanol–water partition coefficient (Wildman–Crippen LogP) is 2.83. The van der Waals surface area contributed by atoms with E-state index in [0.717, 1.165) is 4.90 Å². The van der Waals surface area contributed by atoms with Crippen molar-refractivity contribution in [2.45, 2.75) is 32.4 Å². The number of anilines is 1. The maximum absolute atomic E-state index is 13.7. The first-order valence-corrected chi connectivity index (χ1v) is 10.8. The standard InChI is InChI=1S/C25H26N2O6/c1-13(2)25(24(31)32)20-19(21(26-25)17-7-5-6-8-18(17)33-4)22(29)27(23(20)30)16-11-9-15(10-12-16)14(3)28/h5-13,19-21,26H,1-4H3,(H,31,32). The van der Waals surface area contributed by atoms with Crippen molar-refractivity contribution < 1.29 is 29.0 Å². The molecule has 33 heavy (non-hydrogen) atoms. The summed E-state index contributed by atoms with van der Waals surface area (Å²) in [7, 11) is 1.50. The number of hydrogen-bond acceptors (Lipinski definition) is 6. The van der Waals surface area contributed by atoms with E-state index in [0.29, 0.717) is 22.6 Å². The van der Waals surface area contributed by atoms with Gasteiger partial charge >= 0.3 is 5.97 Å². The summed E-state index contributed by atoms with van der Waals surface area (Å²) in [4.78, 5) is 52.7. The fourth-order valence-electron chi connectivity index (χ4n) is 5.20. The number of imide groups is 1. The molecule has 2 aliphatic heterocycles.